The Kier molecular flexibility index (Phi) is 3.28. The van der Waals surface area contributed by atoms with Crippen LogP contribution in [0.25, 0.3) is 11.2 Å². The van der Waals surface area contributed by atoms with Gasteiger partial charge in [0.15, 0.2) is 15.0 Å². The van der Waals surface area contributed by atoms with Crippen LogP contribution in [0.2, 0.25) is 0 Å². The number of hydrogen-bond acceptors (Lipinski definition) is 6. The molecule has 1 unspecified atom stereocenters. The summed E-state index contributed by atoms with van der Waals surface area (Å²) >= 11 is 1.91. The number of aromatic nitrogens is 4. The summed E-state index contributed by atoms with van der Waals surface area (Å²) in [6.07, 6.45) is -0.0682. The van der Waals surface area contributed by atoms with E-state index in [2.05, 4.69) is 15.0 Å². The molecule has 2 aromatic heterocycles. The van der Waals surface area contributed by atoms with E-state index in [-0.39, 0.29) is 17.7 Å². The molecule has 102 valence electrons. The average molecular weight is 378 g/mol. The number of aliphatic hydroxyl groups is 2. The molecule has 0 bridgehead atoms. The van der Waals surface area contributed by atoms with Gasteiger partial charge in [-0.2, -0.15) is 0 Å². The Morgan fingerprint density at radius 1 is 1.63 bits per heavy atom. The lowest BCUT2D eigenvalue weighted by molar-refractivity contribution is -0.0432. The van der Waals surface area contributed by atoms with E-state index in [1.54, 1.807) is 4.57 Å². The maximum atomic E-state index is 11.7. The Bertz CT molecular complexity index is 669. The molecule has 1 aliphatic rings. The lowest BCUT2D eigenvalue weighted by atomic mass is 10.2. The van der Waals surface area contributed by atoms with E-state index in [4.69, 9.17) is 9.84 Å². The molecule has 0 radical (unpaired) electrons. The largest absolute Gasteiger partial charge is 0.394 e. The Labute approximate surface area is 120 Å². The number of H-pyrrole nitrogens is 1. The Morgan fingerprint density at radius 2 is 2.42 bits per heavy atom. The minimum Gasteiger partial charge on any atom is -0.394 e. The monoisotopic (exact) mass is 378 g/mol. The molecule has 19 heavy (non-hydrogen) atoms. The molecule has 1 fully saturated rings. The predicted octanol–water partition coefficient (Wildman–Crippen LogP) is -0.635. The van der Waals surface area contributed by atoms with Crippen molar-refractivity contribution in [3.05, 3.63) is 20.5 Å². The van der Waals surface area contributed by atoms with Crippen molar-refractivity contribution in [3.63, 3.8) is 0 Å². The van der Waals surface area contributed by atoms with E-state index in [0.717, 1.165) is 0 Å². The zero-order valence-corrected chi connectivity index (χ0v) is 11.8. The molecule has 2 aromatic rings. The van der Waals surface area contributed by atoms with Gasteiger partial charge in [-0.15, -0.1) is 0 Å². The molecular weight excluding hydrogens is 367 g/mol. The lowest BCUT2D eigenvalue weighted by Gasteiger charge is -2.13. The molecular formula is C10H11IN4O4. The summed E-state index contributed by atoms with van der Waals surface area (Å²) in [5.74, 6) is 0. The van der Waals surface area contributed by atoms with Gasteiger partial charge in [-0.3, -0.25) is 14.3 Å². The molecule has 0 aromatic carbocycles. The number of hydrogen-bond donors (Lipinski definition) is 3. The smallest absolute Gasteiger partial charge is 0.279 e. The number of nitrogens with zero attached hydrogens (tertiary/aromatic N) is 3. The summed E-state index contributed by atoms with van der Waals surface area (Å²) in [5.41, 5.74) is 0.320. The maximum absolute atomic E-state index is 11.7. The molecule has 8 nitrogen and oxygen atoms in total. The second kappa shape index (κ2) is 4.81. The van der Waals surface area contributed by atoms with E-state index in [1.165, 1.54) is 6.33 Å². The summed E-state index contributed by atoms with van der Waals surface area (Å²) in [6, 6.07) is 0. The van der Waals surface area contributed by atoms with Crippen LogP contribution < -0.4 is 5.56 Å². The van der Waals surface area contributed by atoms with Gasteiger partial charge in [0.1, 0.15) is 12.3 Å². The lowest BCUT2D eigenvalue weighted by Crippen LogP contribution is -2.24. The number of fused-ring (bicyclic) bond motifs is 1. The number of halogens is 1. The van der Waals surface area contributed by atoms with Crippen molar-refractivity contribution in [1.82, 2.24) is 19.5 Å². The first-order valence-electron chi connectivity index (χ1n) is 5.67. The third kappa shape index (κ3) is 2.16. The minimum absolute atomic E-state index is 0.228. The van der Waals surface area contributed by atoms with Gasteiger partial charge >= 0.3 is 0 Å². The van der Waals surface area contributed by atoms with Gasteiger partial charge in [-0.05, 0) is 22.6 Å². The van der Waals surface area contributed by atoms with E-state index < -0.39 is 18.4 Å². The number of aliphatic hydroxyl groups excluding tert-OH is 2. The Hall–Kier alpha value is -1.04. The fourth-order valence-electron chi connectivity index (χ4n) is 2.16. The van der Waals surface area contributed by atoms with Crippen LogP contribution in [-0.2, 0) is 4.74 Å². The molecule has 0 saturated carbocycles. The first-order valence-corrected chi connectivity index (χ1v) is 6.74. The topological polar surface area (TPSA) is 113 Å². The normalized spacial score (nSPS) is 27.2. The quantitative estimate of drug-likeness (QED) is 0.474. The predicted molar refractivity (Wildman–Crippen MR) is 72.5 cm³/mol. The van der Waals surface area contributed by atoms with Gasteiger partial charge in [0.25, 0.3) is 5.56 Å². The molecule has 3 atom stereocenters. The number of nitrogens with one attached hydrogen (secondary N) is 1. The Balaban J connectivity index is 2.05. The third-order valence-electron chi connectivity index (χ3n) is 3.10. The van der Waals surface area contributed by atoms with E-state index in [1.807, 2.05) is 22.6 Å². The molecule has 0 amide bonds. The maximum Gasteiger partial charge on any atom is 0.279 e. The second-order valence-corrected chi connectivity index (χ2v) is 5.32. The SMILES string of the molecule is O=c1[nH]c(I)nc2c1ncn2[C@H]1CC(O)[C@@H](CO)O1. The second-order valence-electron chi connectivity index (χ2n) is 4.30. The minimum atomic E-state index is -0.742. The average Bonchev–Trinajstić information content (AvgIpc) is 2.92. The number of rotatable bonds is 2. The van der Waals surface area contributed by atoms with Gasteiger partial charge in [-0.25, -0.2) is 9.97 Å². The third-order valence-corrected chi connectivity index (χ3v) is 3.61. The zero-order chi connectivity index (χ0) is 13.6. The van der Waals surface area contributed by atoms with Crippen molar-refractivity contribution in [2.75, 3.05) is 6.61 Å². The van der Waals surface area contributed by atoms with E-state index in [9.17, 15) is 9.90 Å². The first-order chi connectivity index (χ1) is 9.10. The van der Waals surface area contributed by atoms with Crippen molar-refractivity contribution in [3.8, 4) is 0 Å². The highest BCUT2D eigenvalue weighted by atomic mass is 127. The standard InChI is InChI=1S/C10H11IN4O4/c11-10-13-8-7(9(18)14-10)12-3-15(8)6-1-4(17)5(2-16)19-6/h3-6,16-17H,1-2H2,(H,13,14,18)/t4?,5-,6-/m1/s1. The van der Waals surface area contributed by atoms with Crippen molar-refractivity contribution >= 4 is 33.8 Å². The van der Waals surface area contributed by atoms with E-state index in [0.29, 0.717) is 15.9 Å². The summed E-state index contributed by atoms with van der Waals surface area (Å²) in [7, 11) is 0. The zero-order valence-electron chi connectivity index (χ0n) is 9.65. The highest BCUT2D eigenvalue weighted by Crippen LogP contribution is 2.30. The summed E-state index contributed by atoms with van der Waals surface area (Å²) < 4.78 is 7.58. The fraction of sp³-hybridized carbons (Fsp3) is 0.500. The summed E-state index contributed by atoms with van der Waals surface area (Å²) in [5, 5.41) is 18.8. The fourth-order valence-corrected chi connectivity index (χ4v) is 2.63. The van der Waals surface area contributed by atoms with Gasteiger partial charge in [0, 0.05) is 6.42 Å². The number of ether oxygens (including phenoxy) is 1. The van der Waals surface area contributed by atoms with Crippen LogP contribution >= 0.6 is 22.6 Å². The molecule has 1 saturated heterocycles. The van der Waals surface area contributed by atoms with Crippen LogP contribution in [-0.4, -0.2) is 48.5 Å². The highest BCUT2D eigenvalue weighted by Gasteiger charge is 2.35. The van der Waals surface area contributed by atoms with Crippen LogP contribution in [0, 0.1) is 3.83 Å². The van der Waals surface area contributed by atoms with E-state index >= 15 is 0 Å². The van der Waals surface area contributed by atoms with Crippen LogP contribution in [0.15, 0.2) is 11.1 Å². The molecule has 0 spiro atoms. The van der Waals surface area contributed by atoms with Gasteiger partial charge in [0.2, 0.25) is 0 Å². The van der Waals surface area contributed by atoms with Crippen LogP contribution in [0.4, 0.5) is 0 Å². The van der Waals surface area contributed by atoms with Crippen molar-refractivity contribution < 1.29 is 14.9 Å². The molecule has 0 aliphatic carbocycles. The highest BCUT2D eigenvalue weighted by molar-refractivity contribution is 14.1. The van der Waals surface area contributed by atoms with Gasteiger partial charge in [-0.1, -0.05) is 0 Å². The molecule has 3 N–H and O–H groups in total. The Morgan fingerprint density at radius 3 is 3.11 bits per heavy atom. The molecule has 9 heteroatoms. The summed E-state index contributed by atoms with van der Waals surface area (Å²) in [6.45, 7) is -0.254. The van der Waals surface area contributed by atoms with Crippen molar-refractivity contribution in [1.29, 1.82) is 0 Å². The molecule has 1 aliphatic heterocycles. The number of aromatic amines is 1. The van der Waals surface area contributed by atoms with Gasteiger partial charge in [0.05, 0.1) is 19.0 Å². The summed E-state index contributed by atoms with van der Waals surface area (Å²) in [4.78, 5) is 22.5. The first kappa shape index (κ1) is 13.0. The molecule has 3 rings (SSSR count). The molecule has 3 heterocycles. The van der Waals surface area contributed by atoms with Gasteiger partial charge < -0.3 is 14.9 Å². The van der Waals surface area contributed by atoms with Crippen molar-refractivity contribution in [2.45, 2.75) is 24.9 Å². The van der Waals surface area contributed by atoms with Crippen LogP contribution in [0.5, 0.6) is 0 Å². The van der Waals surface area contributed by atoms with Crippen LogP contribution in [0.3, 0.4) is 0 Å². The number of imidazole rings is 1. The van der Waals surface area contributed by atoms with Crippen molar-refractivity contribution in [2.24, 2.45) is 0 Å². The van der Waals surface area contributed by atoms with Crippen LogP contribution in [0.1, 0.15) is 12.6 Å².